The van der Waals surface area contributed by atoms with Crippen molar-refractivity contribution in [1.82, 2.24) is 14.9 Å². The van der Waals surface area contributed by atoms with E-state index in [1.165, 1.54) is 22.0 Å². The SMILES string of the molecule is Cc1ccc(-c2nnc(SCC3CC3(Cl)Cl)n2N)cc1. The second kappa shape index (κ2) is 5.13. The van der Waals surface area contributed by atoms with E-state index in [4.69, 9.17) is 29.0 Å². The van der Waals surface area contributed by atoms with Gasteiger partial charge in [0.05, 0.1) is 0 Å². The molecule has 0 bridgehead atoms. The maximum atomic E-state index is 6.05. The maximum Gasteiger partial charge on any atom is 0.210 e. The Bertz CT molecular complexity index is 624. The number of nitrogens with zero attached hydrogens (tertiary/aromatic N) is 3. The van der Waals surface area contributed by atoms with Crippen LogP contribution in [0.25, 0.3) is 11.4 Å². The van der Waals surface area contributed by atoms with Crippen molar-refractivity contribution in [2.24, 2.45) is 5.92 Å². The zero-order valence-electron chi connectivity index (χ0n) is 10.9. The third-order valence-corrected chi connectivity index (χ3v) is 5.38. The van der Waals surface area contributed by atoms with Crippen LogP contribution in [0.15, 0.2) is 29.4 Å². The van der Waals surface area contributed by atoms with Gasteiger partial charge in [0, 0.05) is 17.2 Å². The Balaban J connectivity index is 1.73. The largest absolute Gasteiger partial charge is 0.335 e. The van der Waals surface area contributed by atoms with Crippen LogP contribution < -0.4 is 5.84 Å². The summed E-state index contributed by atoms with van der Waals surface area (Å²) >= 11 is 13.5. The van der Waals surface area contributed by atoms with Crippen molar-refractivity contribution in [3.63, 3.8) is 0 Å². The normalized spacial score (nSPS) is 20.1. The number of nitrogens with two attached hydrogens (primary N) is 1. The van der Waals surface area contributed by atoms with Crippen LogP contribution in [-0.4, -0.2) is 25.0 Å². The van der Waals surface area contributed by atoms with Gasteiger partial charge in [0.15, 0.2) is 5.82 Å². The molecule has 0 radical (unpaired) electrons. The molecule has 1 aromatic carbocycles. The zero-order valence-corrected chi connectivity index (χ0v) is 13.2. The summed E-state index contributed by atoms with van der Waals surface area (Å²) in [7, 11) is 0. The van der Waals surface area contributed by atoms with Gasteiger partial charge >= 0.3 is 0 Å². The molecule has 0 aliphatic heterocycles. The quantitative estimate of drug-likeness (QED) is 0.531. The molecule has 1 aliphatic rings. The lowest BCUT2D eigenvalue weighted by molar-refractivity contribution is 0.844. The van der Waals surface area contributed by atoms with E-state index in [2.05, 4.69) is 10.2 Å². The number of aryl methyl sites for hydroxylation is 1. The van der Waals surface area contributed by atoms with Crippen LogP contribution >= 0.6 is 35.0 Å². The molecule has 0 spiro atoms. The molecule has 106 valence electrons. The summed E-state index contributed by atoms with van der Waals surface area (Å²) in [5, 5.41) is 8.96. The summed E-state index contributed by atoms with van der Waals surface area (Å²) in [6.07, 6.45) is 0.826. The number of benzene rings is 1. The first-order chi connectivity index (χ1) is 9.47. The average Bonchev–Trinajstić information content (AvgIpc) is 2.85. The van der Waals surface area contributed by atoms with E-state index in [0.717, 1.165) is 17.7 Å². The predicted octanol–water partition coefficient (Wildman–Crippen LogP) is 3.25. The molecule has 3 rings (SSSR count). The van der Waals surface area contributed by atoms with Gasteiger partial charge in [0.2, 0.25) is 5.16 Å². The zero-order chi connectivity index (χ0) is 14.3. The monoisotopic (exact) mass is 328 g/mol. The fourth-order valence-electron chi connectivity index (χ4n) is 1.90. The molecule has 2 aromatic rings. The summed E-state index contributed by atoms with van der Waals surface area (Å²) in [4.78, 5) is 0. The fraction of sp³-hybridized carbons (Fsp3) is 0.385. The Morgan fingerprint density at radius 2 is 2.00 bits per heavy atom. The van der Waals surface area contributed by atoms with Crippen LogP contribution in [0.3, 0.4) is 0 Å². The summed E-state index contributed by atoms with van der Waals surface area (Å²) in [6, 6.07) is 8.02. The van der Waals surface area contributed by atoms with Gasteiger partial charge in [0.25, 0.3) is 0 Å². The number of halogens is 2. The van der Waals surface area contributed by atoms with Gasteiger partial charge in [-0.25, -0.2) is 4.68 Å². The number of alkyl halides is 2. The predicted molar refractivity (Wildman–Crippen MR) is 83.6 cm³/mol. The summed E-state index contributed by atoms with van der Waals surface area (Å²) in [5.74, 6) is 7.81. The third kappa shape index (κ3) is 2.75. The van der Waals surface area contributed by atoms with Gasteiger partial charge in [-0.3, -0.25) is 0 Å². The van der Waals surface area contributed by atoms with Crippen LogP contribution in [0.2, 0.25) is 0 Å². The Morgan fingerprint density at radius 1 is 1.35 bits per heavy atom. The number of rotatable bonds is 4. The molecule has 1 heterocycles. The van der Waals surface area contributed by atoms with E-state index in [1.54, 1.807) is 0 Å². The number of nitrogen functional groups attached to an aromatic ring is 1. The second-order valence-corrected chi connectivity index (χ2v) is 7.54. The second-order valence-electron chi connectivity index (χ2n) is 5.02. The van der Waals surface area contributed by atoms with E-state index >= 15 is 0 Å². The van der Waals surface area contributed by atoms with Crippen molar-refractivity contribution in [3.8, 4) is 11.4 Å². The molecule has 1 aromatic heterocycles. The molecule has 4 nitrogen and oxygen atoms in total. The maximum absolute atomic E-state index is 6.05. The highest BCUT2D eigenvalue weighted by Crippen LogP contribution is 2.54. The van der Waals surface area contributed by atoms with Crippen molar-refractivity contribution in [3.05, 3.63) is 29.8 Å². The minimum Gasteiger partial charge on any atom is -0.335 e. The number of hydrogen-bond donors (Lipinski definition) is 1. The first kappa shape index (κ1) is 14.0. The minimum atomic E-state index is -0.563. The Kier molecular flexibility index (Phi) is 3.60. The third-order valence-electron chi connectivity index (χ3n) is 3.34. The topological polar surface area (TPSA) is 56.7 Å². The molecule has 0 saturated heterocycles. The van der Waals surface area contributed by atoms with Crippen LogP contribution in [0, 0.1) is 12.8 Å². The van der Waals surface area contributed by atoms with Crippen molar-refractivity contribution in [2.45, 2.75) is 22.8 Å². The molecule has 20 heavy (non-hydrogen) atoms. The first-order valence-corrected chi connectivity index (χ1v) is 8.00. The van der Waals surface area contributed by atoms with Crippen LogP contribution in [0.1, 0.15) is 12.0 Å². The van der Waals surface area contributed by atoms with Gasteiger partial charge < -0.3 is 5.84 Å². The van der Waals surface area contributed by atoms with E-state index in [9.17, 15) is 0 Å². The van der Waals surface area contributed by atoms with Gasteiger partial charge in [-0.05, 0) is 13.3 Å². The van der Waals surface area contributed by atoms with Crippen LogP contribution in [0.5, 0.6) is 0 Å². The highest BCUT2D eigenvalue weighted by molar-refractivity contribution is 7.99. The van der Waals surface area contributed by atoms with E-state index in [0.29, 0.717) is 16.9 Å². The minimum absolute atomic E-state index is 0.301. The highest BCUT2D eigenvalue weighted by atomic mass is 35.5. The Hall–Kier alpha value is -0.910. The van der Waals surface area contributed by atoms with Crippen LogP contribution in [0.4, 0.5) is 0 Å². The van der Waals surface area contributed by atoms with Crippen molar-refractivity contribution < 1.29 is 0 Å². The van der Waals surface area contributed by atoms with Gasteiger partial charge in [-0.15, -0.1) is 33.4 Å². The van der Waals surface area contributed by atoms with Crippen molar-refractivity contribution in [1.29, 1.82) is 0 Å². The van der Waals surface area contributed by atoms with Gasteiger partial charge in [-0.2, -0.15) is 0 Å². The highest BCUT2D eigenvalue weighted by Gasteiger charge is 2.51. The lowest BCUT2D eigenvalue weighted by Gasteiger charge is -2.04. The molecule has 1 saturated carbocycles. The van der Waals surface area contributed by atoms with E-state index in [-0.39, 0.29) is 0 Å². The van der Waals surface area contributed by atoms with Crippen molar-refractivity contribution >= 4 is 35.0 Å². The summed E-state index contributed by atoms with van der Waals surface area (Å²) in [5.41, 5.74) is 2.15. The molecule has 2 N–H and O–H groups in total. The van der Waals surface area contributed by atoms with Crippen LogP contribution in [-0.2, 0) is 0 Å². The standard InChI is InChI=1S/C13H14Cl2N4S/c1-8-2-4-9(5-3-8)11-17-18-12(19(11)16)20-7-10-6-13(10,14)15/h2-5,10H,6-7,16H2,1H3. The number of hydrogen-bond acceptors (Lipinski definition) is 4. The molecule has 7 heteroatoms. The van der Waals surface area contributed by atoms with Gasteiger partial charge in [0.1, 0.15) is 4.33 Å². The Morgan fingerprint density at radius 3 is 2.60 bits per heavy atom. The average molecular weight is 329 g/mol. The molecular formula is C13H14Cl2N4S. The molecule has 1 atom stereocenters. The number of thioether (sulfide) groups is 1. The molecular weight excluding hydrogens is 315 g/mol. The molecule has 0 amide bonds. The Labute approximate surface area is 131 Å². The van der Waals surface area contributed by atoms with Gasteiger partial charge in [-0.1, -0.05) is 41.6 Å². The molecule has 1 unspecified atom stereocenters. The summed E-state index contributed by atoms with van der Waals surface area (Å²) < 4.78 is 0.952. The lowest BCUT2D eigenvalue weighted by Crippen LogP contribution is -2.12. The molecule has 1 aliphatic carbocycles. The smallest absolute Gasteiger partial charge is 0.210 e. The summed E-state index contributed by atoms with van der Waals surface area (Å²) in [6.45, 7) is 2.04. The fourth-order valence-corrected chi connectivity index (χ4v) is 3.69. The molecule has 1 fully saturated rings. The van der Waals surface area contributed by atoms with Crippen molar-refractivity contribution in [2.75, 3.05) is 11.6 Å². The van der Waals surface area contributed by atoms with E-state index in [1.807, 2.05) is 31.2 Å². The van der Waals surface area contributed by atoms with E-state index < -0.39 is 4.33 Å². The lowest BCUT2D eigenvalue weighted by atomic mass is 10.1. The first-order valence-electron chi connectivity index (χ1n) is 6.25. The number of aromatic nitrogens is 3.